The van der Waals surface area contributed by atoms with Crippen LogP contribution >= 0.6 is 11.8 Å². The second-order valence-electron chi connectivity index (χ2n) is 9.43. The third kappa shape index (κ3) is 8.34. The molecule has 0 unspecified atom stereocenters. The van der Waals surface area contributed by atoms with Crippen LogP contribution in [0, 0.1) is 6.92 Å². The molecule has 214 valence electrons. The largest absolute Gasteiger partial charge is 0.497 e. The van der Waals surface area contributed by atoms with Crippen LogP contribution in [0.2, 0.25) is 0 Å². The van der Waals surface area contributed by atoms with Crippen molar-refractivity contribution in [2.75, 3.05) is 23.5 Å². The van der Waals surface area contributed by atoms with Crippen molar-refractivity contribution in [3.8, 4) is 5.75 Å². The van der Waals surface area contributed by atoms with E-state index in [9.17, 15) is 14.4 Å². The molecule has 0 fully saturated rings. The summed E-state index contributed by atoms with van der Waals surface area (Å²) in [4.78, 5) is 39.7. The van der Waals surface area contributed by atoms with Gasteiger partial charge in [-0.1, -0.05) is 55.5 Å². The number of methoxy groups -OCH3 is 1. The van der Waals surface area contributed by atoms with Gasteiger partial charge in [0, 0.05) is 21.8 Å². The normalized spacial score (nSPS) is 11.0. The Morgan fingerprint density at radius 2 is 1.55 bits per heavy atom. The number of para-hydroxylation sites is 1. The van der Waals surface area contributed by atoms with Crippen LogP contribution in [-0.4, -0.2) is 30.6 Å². The van der Waals surface area contributed by atoms with Crippen LogP contribution in [0.5, 0.6) is 5.75 Å². The topological polar surface area (TPSA) is 96.5 Å². The van der Waals surface area contributed by atoms with E-state index in [1.54, 1.807) is 73.8 Å². The predicted molar refractivity (Wildman–Crippen MR) is 170 cm³/mol. The van der Waals surface area contributed by atoms with Gasteiger partial charge in [-0.05, 0) is 84.6 Å². The summed E-state index contributed by atoms with van der Waals surface area (Å²) in [5.74, 6) is -0.0116. The molecule has 4 aromatic carbocycles. The minimum absolute atomic E-state index is 0.0798. The zero-order chi connectivity index (χ0) is 29.9. The van der Waals surface area contributed by atoms with Gasteiger partial charge < -0.3 is 20.7 Å². The zero-order valence-electron chi connectivity index (χ0n) is 23.8. The summed E-state index contributed by atoms with van der Waals surface area (Å²) in [5, 5.41) is 8.63. The first-order chi connectivity index (χ1) is 20.4. The average molecular weight is 580 g/mol. The summed E-state index contributed by atoms with van der Waals surface area (Å²) in [6.45, 7) is 4.05. The molecule has 0 heterocycles. The van der Waals surface area contributed by atoms with Crippen LogP contribution < -0.4 is 20.7 Å². The van der Waals surface area contributed by atoms with Gasteiger partial charge in [0.15, 0.2) is 0 Å². The molecule has 0 aliphatic heterocycles. The highest BCUT2D eigenvalue weighted by molar-refractivity contribution is 8.00. The molecule has 0 atom stereocenters. The van der Waals surface area contributed by atoms with Gasteiger partial charge >= 0.3 is 0 Å². The number of carbonyl (C=O) groups excluding carboxylic acids is 3. The van der Waals surface area contributed by atoms with Crippen molar-refractivity contribution in [1.82, 2.24) is 5.32 Å². The maximum Gasteiger partial charge on any atom is 0.272 e. The molecule has 7 nitrogen and oxygen atoms in total. The first kappa shape index (κ1) is 30.1. The Bertz CT molecular complexity index is 1570. The fourth-order valence-electron chi connectivity index (χ4n) is 4.17. The highest BCUT2D eigenvalue weighted by atomic mass is 32.2. The maximum atomic E-state index is 13.3. The van der Waals surface area contributed by atoms with E-state index < -0.39 is 11.8 Å². The fraction of sp³-hybridized carbons (Fsp3) is 0.147. The number of benzene rings is 4. The number of thioether (sulfide) groups is 1. The van der Waals surface area contributed by atoms with E-state index >= 15 is 0 Å². The number of nitrogens with one attached hydrogen (secondary N) is 3. The van der Waals surface area contributed by atoms with E-state index in [0.29, 0.717) is 17.0 Å². The van der Waals surface area contributed by atoms with Crippen LogP contribution in [0.4, 0.5) is 11.4 Å². The van der Waals surface area contributed by atoms with E-state index in [4.69, 9.17) is 4.74 Å². The standard InChI is InChI=1S/C34H33N3O4S/c1-4-25-12-8-9-23(2)32(25)37-31(38)22-42-29-19-15-27(16-20-29)35-34(40)30(21-24-13-17-28(41-3)18-14-24)36-33(39)26-10-6-5-7-11-26/h5-21H,4,22H2,1-3H3,(H,35,40)(H,36,39)(H,37,38)/b30-21-. The van der Waals surface area contributed by atoms with Crippen LogP contribution in [0.15, 0.2) is 108 Å². The van der Waals surface area contributed by atoms with Crippen LogP contribution in [-0.2, 0) is 16.0 Å². The molecular formula is C34H33N3O4S. The van der Waals surface area contributed by atoms with Crippen molar-refractivity contribution in [3.05, 3.63) is 125 Å². The minimum atomic E-state index is -0.472. The summed E-state index contributed by atoms with van der Waals surface area (Å²) in [6.07, 6.45) is 2.45. The fourth-order valence-corrected chi connectivity index (χ4v) is 4.87. The van der Waals surface area contributed by atoms with Crippen molar-refractivity contribution < 1.29 is 19.1 Å². The maximum absolute atomic E-state index is 13.3. The molecule has 42 heavy (non-hydrogen) atoms. The molecule has 0 bridgehead atoms. The van der Waals surface area contributed by atoms with Crippen molar-refractivity contribution in [3.63, 3.8) is 0 Å². The lowest BCUT2D eigenvalue weighted by atomic mass is 10.1. The summed E-state index contributed by atoms with van der Waals surface area (Å²) < 4.78 is 5.21. The van der Waals surface area contributed by atoms with E-state index in [2.05, 4.69) is 22.9 Å². The average Bonchev–Trinajstić information content (AvgIpc) is 3.02. The lowest BCUT2D eigenvalue weighted by molar-refractivity contribution is -0.114. The van der Waals surface area contributed by atoms with Crippen molar-refractivity contribution >= 4 is 46.9 Å². The quantitative estimate of drug-likeness (QED) is 0.136. The van der Waals surface area contributed by atoms with E-state index in [1.165, 1.54) is 11.8 Å². The Morgan fingerprint density at radius 3 is 2.21 bits per heavy atom. The summed E-state index contributed by atoms with van der Waals surface area (Å²) >= 11 is 1.41. The second kappa shape index (κ2) is 14.7. The first-order valence-corrected chi connectivity index (χ1v) is 14.5. The number of rotatable bonds is 11. The lowest BCUT2D eigenvalue weighted by Gasteiger charge is -2.13. The summed E-state index contributed by atoms with van der Waals surface area (Å²) in [5.41, 5.74) is 4.81. The Kier molecular flexibility index (Phi) is 10.6. The van der Waals surface area contributed by atoms with Crippen LogP contribution in [0.3, 0.4) is 0 Å². The lowest BCUT2D eigenvalue weighted by Crippen LogP contribution is -2.30. The molecule has 4 rings (SSSR count). The smallest absolute Gasteiger partial charge is 0.272 e. The molecule has 0 spiro atoms. The van der Waals surface area contributed by atoms with Gasteiger partial charge in [-0.2, -0.15) is 0 Å². The molecule has 0 saturated carbocycles. The molecule has 0 aliphatic carbocycles. The highest BCUT2D eigenvalue weighted by Gasteiger charge is 2.15. The summed E-state index contributed by atoms with van der Waals surface area (Å²) in [6, 6.07) is 29.1. The van der Waals surface area contributed by atoms with Crippen LogP contribution in [0.25, 0.3) is 6.08 Å². The third-order valence-electron chi connectivity index (χ3n) is 6.44. The van der Waals surface area contributed by atoms with Gasteiger partial charge in [0.1, 0.15) is 11.4 Å². The SMILES string of the molecule is CCc1cccc(C)c1NC(=O)CSc1ccc(NC(=O)/C(=C/c2ccc(OC)cc2)NC(=O)c2ccccc2)cc1. The molecule has 0 aliphatic rings. The Balaban J connectivity index is 1.41. The van der Waals surface area contributed by atoms with Gasteiger partial charge in [-0.25, -0.2) is 0 Å². The molecule has 8 heteroatoms. The zero-order valence-corrected chi connectivity index (χ0v) is 24.6. The van der Waals surface area contributed by atoms with Gasteiger partial charge in [0.05, 0.1) is 12.9 Å². The number of hydrogen-bond acceptors (Lipinski definition) is 5. The number of anilines is 2. The van der Waals surface area contributed by atoms with Gasteiger partial charge in [-0.3, -0.25) is 14.4 Å². The van der Waals surface area contributed by atoms with Gasteiger partial charge in [0.25, 0.3) is 11.8 Å². The molecule has 3 N–H and O–H groups in total. The molecule has 0 aromatic heterocycles. The molecular weight excluding hydrogens is 546 g/mol. The highest BCUT2D eigenvalue weighted by Crippen LogP contribution is 2.24. The van der Waals surface area contributed by atoms with E-state index in [-0.39, 0.29) is 17.4 Å². The molecule has 0 radical (unpaired) electrons. The van der Waals surface area contributed by atoms with E-state index in [0.717, 1.165) is 33.7 Å². The molecule has 0 saturated heterocycles. The van der Waals surface area contributed by atoms with Gasteiger partial charge in [0.2, 0.25) is 5.91 Å². The molecule has 3 amide bonds. The Labute approximate surface area is 250 Å². The molecule has 4 aromatic rings. The third-order valence-corrected chi connectivity index (χ3v) is 7.45. The Hall–Kier alpha value is -4.82. The summed E-state index contributed by atoms with van der Waals surface area (Å²) in [7, 11) is 1.58. The van der Waals surface area contributed by atoms with Gasteiger partial charge in [-0.15, -0.1) is 11.8 Å². The van der Waals surface area contributed by atoms with Crippen LogP contribution in [0.1, 0.15) is 34.0 Å². The minimum Gasteiger partial charge on any atom is -0.497 e. The van der Waals surface area contributed by atoms with E-state index in [1.807, 2.05) is 43.3 Å². The number of ether oxygens (including phenoxy) is 1. The predicted octanol–water partition coefficient (Wildman–Crippen LogP) is 6.71. The number of aryl methyl sites for hydroxylation is 2. The second-order valence-corrected chi connectivity index (χ2v) is 10.5. The first-order valence-electron chi connectivity index (χ1n) is 13.5. The van der Waals surface area contributed by atoms with Crippen molar-refractivity contribution in [2.45, 2.75) is 25.2 Å². The Morgan fingerprint density at radius 1 is 0.833 bits per heavy atom. The van der Waals surface area contributed by atoms with Crippen molar-refractivity contribution in [2.24, 2.45) is 0 Å². The number of hydrogen-bond donors (Lipinski definition) is 3. The number of amides is 3. The number of carbonyl (C=O) groups is 3. The monoisotopic (exact) mass is 579 g/mol. The van der Waals surface area contributed by atoms with Crippen molar-refractivity contribution in [1.29, 1.82) is 0 Å².